The van der Waals surface area contributed by atoms with Gasteiger partial charge in [0.2, 0.25) is 0 Å². The number of Topliss-reactive ketones (excluding diaryl/α,β-unsaturated/α-hetero) is 1. The summed E-state index contributed by atoms with van der Waals surface area (Å²) in [4.78, 5) is 37.6. The SMILES string of the molecule is CNC(=O)c1c(NC(=O)c2ccc(C(C)=O)cc2)sc2c1CC[C@@H](C)C2. The Morgan fingerprint density at radius 1 is 1.08 bits per heavy atom. The lowest BCUT2D eigenvalue weighted by atomic mass is 9.88. The molecule has 1 atom stereocenters. The van der Waals surface area contributed by atoms with Gasteiger partial charge in [-0.2, -0.15) is 0 Å². The molecule has 1 aromatic heterocycles. The first-order valence-corrected chi connectivity index (χ1v) is 9.51. The standard InChI is InChI=1S/C20H22N2O3S/c1-11-4-9-15-16(10-11)26-20(17(15)19(25)21-3)22-18(24)14-7-5-13(6-8-14)12(2)23/h5-8,11H,4,9-10H2,1-3H3,(H,21,25)(H,22,24)/t11-/m1/s1. The highest BCUT2D eigenvalue weighted by Crippen LogP contribution is 2.39. The van der Waals surface area contributed by atoms with Crippen LogP contribution < -0.4 is 10.6 Å². The molecule has 0 fully saturated rings. The van der Waals surface area contributed by atoms with Gasteiger partial charge in [-0.15, -0.1) is 11.3 Å². The fourth-order valence-electron chi connectivity index (χ4n) is 3.24. The number of rotatable bonds is 4. The monoisotopic (exact) mass is 370 g/mol. The first-order valence-electron chi connectivity index (χ1n) is 8.69. The second-order valence-corrected chi connectivity index (χ2v) is 7.83. The van der Waals surface area contributed by atoms with Gasteiger partial charge in [-0.05, 0) is 49.8 Å². The lowest BCUT2D eigenvalue weighted by Crippen LogP contribution is -2.22. The van der Waals surface area contributed by atoms with Gasteiger partial charge >= 0.3 is 0 Å². The molecule has 1 heterocycles. The van der Waals surface area contributed by atoms with Crippen molar-refractivity contribution in [2.24, 2.45) is 5.92 Å². The van der Waals surface area contributed by atoms with Crippen molar-refractivity contribution in [2.75, 3.05) is 12.4 Å². The van der Waals surface area contributed by atoms with Crippen LogP contribution in [0.15, 0.2) is 24.3 Å². The molecule has 1 aliphatic carbocycles. The molecule has 0 radical (unpaired) electrons. The summed E-state index contributed by atoms with van der Waals surface area (Å²) in [5.41, 5.74) is 2.67. The fraction of sp³-hybridized carbons (Fsp3) is 0.350. The van der Waals surface area contributed by atoms with Crippen LogP contribution in [0, 0.1) is 5.92 Å². The van der Waals surface area contributed by atoms with Crippen LogP contribution >= 0.6 is 11.3 Å². The highest BCUT2D eigenvalue weighted by molar-refractivity contribution is 7.17. The third-order valence-corrected chi connectivity index (χ3v) is 5.92. The van der Waals surface area contributed by atoms with Gasteiger partial charge in [-0.3, -0.25) is 14.4 Å². The molecule has 0 saturated carbocycles. The summed E-state index contributed by atoms with van der Waals surface area (Å²) in [6.45, 7) is 3.69. The van der Waals surface area contributed by atoms with Crippen molar-refractivity contribution in [3.05, 3.63) is 51.4 Å². The Balaban J connectivity index is 1.90. The third-order valence-electron chi connectivity index (χ3n) is 4.75. The van der Waals surface area contributed by atoms with Gasteiger partial charge in [0.25, 0.3) is 11.8 Å². The molecule has 3 rings (SSSR count). The second-order valence-electron chi connectivity index (χ2n) is 6.72. The average molecular weight is 370 g/mol. The number of thiophene rings is 1. The Labute approximate surface area is 156 Å². The zero-order valence-corrected chi connectivity index (χ0v) is 16.0. The molecule has 0 spiro atoms. The third kappa shape index (κ3) is 3.55. The Kier molecular flexibility index (Phi) is 5.23. The smallest absolute Gasteiger partial charge is 0.256 e. The van der Waals surface area contributed by atoms with E-state index < -0.39 is 0 Å². The predicted octanol–water partition coefficient (Wildman–Crippen LogP) is 3.69. The van der Waals surface area contributed by atoms with E-state index in [1.54, 1.807) is 31.3 Å². The van der Waals surface area contributed by atoms with Gasteiger partial charge in [-0.1, -0.05) is 19.1 Å². The number of hydrogen-bond acceptors (Lipinski definition) is 4. The molecule has 0 aliphatic heterocycles. The average Bonchev–Trinajstić information content (AvgIpc) is 2.97. The van der Waals surface area contributed by atoms with E-state index in [1.807, 2.05) is 0 Å². The fourth-order valence-corrected chi connectivity index (χ4v) is 4.64. The van der Waals surface area contributed by atoms with Crippen LogP contribution in [0.25, 0.3) is 0 Å². The lowest BCUT2D eigenvalue weighted by Gasteiger charge is -2.18. The Morgan fingerprint density at radius 2 is 1.73 bits per heavy atom. The quantitative estimate of drug-likeness (QED) is 0.806. The zero-order valence-electron chi connectivity index (χ0n) is 15.1. The summed E-state index contributed by atoms with van der Waals surface area (Å²) < 4.78 is 0. The summed E-state index contributed by atoms with van der Waals surface area (Å²) >= 11 is 1.49. The maximum absolute atomic E-state index is 12.6. The Morgan fingerprint density at radius 3 is 2.35 bits per heavy atom. The highest BCUT2D eigenvalue weighted by Gasteiger charge is 2.28. The van der Waals surface area contributed by atoms with Crippen molar-refractivity contribution >= 4 is 33.9 Å². The van der Waals surface area contributed by atoms with Crippen molar-refractivity contribution in [1.82, 2.24) is 5.32 Å². The van der Waals surface area contributed by atoms with E-state index in [2.05, 4.69) is 17.6 Å². The number of hydrogen-bond donors (Lipinski definition) is 2. The second kappa shape index (κ2) is 7.41. The molecule has 0 unspecified atom stereocenters. The van der Waals surface area contributed by atoms with E-state index in [9.17, 15) is 14.4 Å². The summed E-state index contributed by atoms with van der Waals surface area (Å²) in [6.07, 6.45) is 2.85. The topological polar surface area (TPSA) is 75.3 Å². The number of ketones is 1. The molecule has 6 heteroatoms. The van der Waals surface area contributed by atoms with E-state index >= 15 is 0 Å². The van der Waals surface area contributed by atoms with Crippen LogP contribution in [0.4, 0.5) is 5.00 Å². The number of fused-ring (bicyclic) bond motifs is 1. The number of carbonyl (C=O) groups is 3. The number of amides is 2. The van der Waals surface area contributed by atoms with Crippen molar-refractivity contribution in [3.63, 3.8) is 0 Å². The first kappa shape index (κ1) is 18.3. The van der Waals surface area contributed by atoms with Crippen LogP contribution in [0.5, 0.6) is 0 Å². The van der Waals surface area contributed by atoms with Crippen LogP contribution in [-0.2, 0) is 12.8 Å². The largest absolute Gasteiger partial charge is 0.355 e. The number of anilines is 1. The molecular formula is C20H22N2O3S. The summed E-state index contributed by atoms with van der Waals surface area (Å²) in [5, 5.41) is 6.18. The van der Waals surface area contributed by atoms with Gasteiger partial charge in [0.1, 0.15) is 5.00 Å². The zero-order chi connectivity index (χ0) is 18.8. The molecular weight excluding hydrogens is 348 g/mol. The molecule has 0 bridgehead atoms. The minimum atomic E-state index is -0.281. The highest BCUT2D eigenvalue weighted by atomic mass is 32.1. The molecule has 2 N–H and O–H groups in total. The van der Waals surface area contributed by atoms with E-state index in [4.69, 9.17) is 0 Å². The van der Waals surface area contributed by atoms with Crippen LogP contribution in [0.2, 0.25) is 0 Å². The number of carbonyl (C=O) groups excluding carboxylic acids is 3. The summed E-state index contributed by atoms with van der Waals surface area (Å²) in [6, 6.07) is 6.53. The predicted molar refractivity (Wildman–Crippen MR) is 103 cm³/mol. The van der Waals surface area contributed by atoms with Crippen molar-refractivity contribution in [3.8, 4) is 0 Å². The normalized spacial score (nSPS) is 15.9. The van der Waals surface area contributed by atoms with Crippen molar-refractivity contribution in [2.45, 2.75) is 33.1 Å². The van der Waals surface area contributed by atoms with Crippen LogP contribution in [-0.4, -0.2) is 24.6 Å². The maximum atomic E-state index is 12.6. The minimum Gasteiger partial charge on any atom is -0.355 e. The molecule has 2 aromatic rings. The molecule has 1 aliphatic rings. The summed E-state index contributed by atoms with van der Waals surface area (Å²) in [5.74, 6) is 0.0939. The molecule has 0 saturated heterocycles. The Hall–Kier alpha value is -2.47. The number of nitrogens with one attached hydrogen (secondary N) is 2. The first-order chi connectivity index (χ1) is 12.4. The van der Waals surface area contributed by atoms with Crippen molar-refractivity contribution < 1.29 is 14.4 Å². The van der Waals surface area contributed by atoms with Crippen molar-refractivity contribution in [1.29, 1.82) is 0 Å². The van der Waals surface area contributed by atoms with Gasteiger partial charge in [-0.25, -0.2) is 0 Å². The van der Waals surface area contributed by atoms with E-state index in [1.165, 1.54) is 23.1 Å². The van der Waals surface area contributed by atoms with Crippen LogP contribution in [0.3, 0.4) is 0 Å². The van der Waals surface area contributed by atoms with Gasteiger partial charge in [0.15, 0.2) is 5.78 Å². The molecule has 136 valence electrons. The van der Waals surface area contributed by atoms with Gasteiger partial charge in [0.05, 0.1) is 5.56 Å². The maximum Gasteiger partial charge on any atom is 0.256 e. The minimum absolute atomic E-state index is 0.0427. The van der Waals surface area contributed by atoms with Gasteiger partial charge in [0, 0.05) is 23.1 Å². The van der Waals surface area contributed by atoms with E-state index in [-0.39, 0.29) is 17.6 Å². The molecule has 26 heavy (non-hydrogen) atoms. The number of benzene rings is 1. The van der Waals surface area contributed by atoms with E-state index in [0.717, 1.165) is 24.8 Å². The molecule has 5 nitrogen and oxygen atoms in total. The Bertz CT molecular complexity index is 868. The summed E-state index contributed by atoms with van der Waals surface area (Å²) in [7, 11) is 1.60. The molecule has 1 aromatic carbocycles. The van der Waals surface area contributed by atoms with Gasteiger partial charge < -0.3 is 10.6 Å². The molecule has 2 amide bonds. The van der Waals surface area contributed by atoms with Crippen LogP contribution in [0.1, 0.15) is 61.8 Å². The lowest BCUT2D eigenvalue weighted by molar-refractivity contribution is 0.0961. The van der Waals surface area contributed by atoms with E-state index in [0.29, 0.717) is 27.6 Å².